The van der Waals surface area contributed by atoms with Crippen molar-refractivity contribution in [1.82, 2.24) is 9.99 Å². The van der Waals surface area contributed by atoms with Crippen molar-refractivity contribution in [3.05, 3.63) is 83.9 Å². The third kappa shape index (κ3) is 6.37. The van der Waals surface area contributed by atoms with Crippen LogP contribution in [0.4, 0.5) is 5.69 Å². The first kappa shape index (κ1) is 29.0. The highest BCUT2D eigenvalue weighted by Gasteiger charge is 2.35. The number of hydrogen-bond donors (Lipinski definition) is 2. The Balaban J connectivity index is 1.41. The Labute approximate surface area is 248 Å². The molecule has 3 N–H and O–H groups in total. The van der Waals surface area contributed by atoms with E-state index in [0.717, 1.165) is 39.2 Å². The number of ether oxygens (including phenoxy) is 4. The lowest BCUT2D eigenvalue weighted by Crippen LogP contribution is -2.37. The van der Waals surface area contributed by atoms with Gasteiger partial charge in [-0.05, 0) is 78.4 Å². The molecule has 1 amide bonds. The van der Waals surface area contributed by atoms with Crippen LogP contribution in [0.15, 0.2) is 77.9 Å². The number of fused-ring (bicyclic) bond motifs is 1. The molecule has 2 heterocycles. The van der Waals surface area contributed by atoms with Crippen LogP contribution in [0.2, 0.25) is 0 Å². The highest BCUT2D eigenvalue weighted by atomic mass is 32.2. The summed E-state index contributed by atoms with van der Waals surface area (Å²) in [6.07, 6.45) is 0.562. The van der Waals surface area contributed by atoms with Crippen LogP contribution in [0.5, 0.6) is 23.1 Å². The Morgan fingerprint density at radius 1 is 0.929 bits per heavy atom. The second kappa shape index (κ2) is 13.0. The van der Waals surface area contributed by atoms with Gasteiger partial charge in [0.15, 0.2) is 0 Å². The van der Waals surface area contributed by atoms with Crippen molar-refractivity contribution in [2.24, 2.45) is 10.8 Å². The van der Waals surface area contributed by atoms with Gasteiger partial charge in [0.1, 0.15) is 22.7 Å². The quantitative estimate of drug-likeness (QED) is 0.233. The van der Waals surface area contributed by atoms with E-state index in [1.165, 1.54) is 11.8 Å². The van der Waals surface area contributed by atoms with E-state index in [0.29, 0.717) is 23.7 Å². The van der Waals surface area contributed by atoms with E-state index in [2.05, 4.69) is 5.32 Å². The highest BCUT2D eigenvalue weighted by Crippen LogP contribution is 2.40. The number of nitrogens with two attached hydrogens (primary N) is 1. The number of carbonyl (C=O) groups excluding carboxylic acids is 1. The van der Waals surface area contributed by atoms with Crippen molar-refractivity contribution in [3.63, 3.8) is 0 Å². The molecule has 0 saturated heterocycles. The molecule has 4 aromatic rings. The van der Waals surface area contributed by atoms with Crippen LogP contribution in [0.25, 0.3) is 10.9 Å². The number of anilines is 1. The minimum absolute atomic E-state index is 0.133. The van der Waals surface area contributed by atoms with Crippen LogP contribution in [-0.4, -0.2) is 61.3 Å². The molecule has 0 bridgehead atoms. The summed E-state index contributed by atoms with van der Waals surface area (Å²) >= 11 is 1.29. The predicted octanol–water partition coefficient (Wildman–Crippen LogP) is 5.03. The molecule has 11 heteroatoms. The van der Waals surface area contributed by atoms with Crippen molar-refractivity contribution >= 4 is 40.0 Å². The minimum Gasteiger partial charge on any atom is -0.497 e. The summed E-state index contributed by atoms with van der Waals surface area (Å²) in [6, 6.07) is 22.4. The van der Waals surface area contributed by atoms with Gasteiger partial charge in [0.2, 0.25) is 11.8 Å². The van der Waals surface area contributed by atoms with Crippen LogP contribution >= 0.6 is 11.8 Å². The number of rotatable bonds is 11. The van der Waals surface area contributed by atoms with Crippen molar-refractivity contribution in [3.8, 4) is 23.1 Å². The molecule has 0 spiro atoms. The summed E-state index contributed by atoms with van der Waals surface area (Å²) in [7, 11) is 6.47. The van der Waals surface area contributed by atoms with Gasteiger partial charge >= 0.3 is 0 Å². The molecular formula is C31H33N5O5S. The first-order chi connectivity index (χ1) is 20.4. The van der Waals surface area contributed by atoms with Crippen LogP contribution in [0.1, 0.15) is 23.6 Å². The average molecular weight is 588 g/mol. The predicted molar refractivity (Wildman–Crippen MR) is 166 cm³/mol. The minimum atomic E-state index is -0.627. The number of methoxy groups -OCH3 is 4. The summed E-state index contributed by atoms with van der Waals surface area (Å²) in [5.41, 5.74) is 10.2. The van der Waals surface area contributed by atoms with E-state index < -0.39 is 5.50 Å². The van der Waals surface area contributed by atoms with Gasteiger partial charge in [0.05, 0.1) is 51.5 Å². The lowest BCUT2D eigenvalue weighted by Gasteiger charge is -2.29. The summed E-state index contributed by atoms with van der Waals surface area (Å²) in [5.74, 6) is 2.65. The summed E-state index contributed by atoms with van der Waals surface area (Å²) in [4.78, 5) is 17.5. The molecule has 1 aromatic heterocycles. The van der Waals surface area contributed by atoms with Crippen LogP contribution in [0, 0.1) is 0 Å². The Morgan fingerprint density at radius 3 is 2.21 bits per heavy atom. The average Bonchev–Trinajstić information content (AvgIpc) is 3.48. The molecule has 1 aliphatic heterocycles. The molecule has 2 unspecified atom stereocenters. The molecule has 218 valence electrons. The van der Waals surface area contributed by atoms with E-state index >= 15 is 0 Å². The fraction of sp³-hybridized carbons (Fsp3) is 0.258. The molecule has 3 aromatic carbocycles. The van der Waals surface area contributed by atoms with E-state index in [1.807, 2.05) is 53.5 Å². The zero-order valence-electron chi connectivity index (χ0n) is 23.9. The summed E-state index contributed by atoms with van der Waals surface area (Å²) in [5, 5.41) is 10.6. The third-order valence-electron chi connectivity index (χ3n) is 6.95. The molecule has 0 saturated carbocycles. The summed E-state index contributed by atoms with van der Waals surface area (Å²) in [6.45, 7) is 0. The Kier molecular flexibility index (Phi) is 8.99. The smallest absolute Gasteiger partial charge is 0.234 e. The number of benzene rings is 3. The van der Waals surface area contributed by atoms with Crippen molar-refractivity contribution < 1.29 is 23.7 Å². The molecule has 42 heavy (non-hydrogen) atoms. The van der Waals surface area contributed by atoms with Gasteiger partial charge in [-0.1, -0.05) is 0 Å². The maximum Gasteiger partial charge on any atom is 0.234 e. The SMILES string of the molecule is COc1ccc(NC(=O)CSC(N)N2N=C(c3ccc(OC)cc3)CC2c2cc3cc(OC)ccc3nc2OC)cc1. The number of hydrazone groups is 1. The standard InChI is InChI=1S/C31H33N5O5S/c1-38-22-9-5-19(6-10-22)27-17-28(25-16-20-15-24(40-3)13-14-26(20)34-30(25)41-4)36(35-27)31(32)42-18-29(37)33-21-7-11-23(39-2)12-8-21/h5-16,28,31H,17-18,32H2,1-4H3,(H,33,37). The number of nitrogens with zero attached hydrogens (tertiary/aromatic N) is 3. The van der Waals surface area contributed by atoms with E-state index in [-0.39, 0.29) is 17.7 Å². The largest absolute Gasteiger partial charge is 0.497 e. The number of hydrogen-bond acceptors (Lipinski definition) is 10. The number of thioether (sulfide) groups is 1. The Morgan fingerprint density at radius 2 is 1.57 bits per heavy atom. The second-order valence-electron chi connectivity index (χ2n) is 9.50. The zero-order chi connectivity index (χ0) is 29.6. The van der Waals surface area contributed by atoms with Gasteiger partial charge in [0, 0.05) is 23.1 Å². The van der Waals surface area contributed by atoms with Gasteiger partial charge in [0.25, 0.3) is 0 Å². The molecule has 5 rings (SSSR count). The highest BCUT2D eigenvalue weighted by molar-refractivity contribution is 8.00. The summed E-state index contributed by atoms with van der Waals surface area (Å²) < 4.78 is 21.7. The van der Waals surface area contributed by atoms with Crippen LogP contribution in [0.3, 0.4) is 0 Å². The van der Waals surface area contributed by atoms with E-state index in [1.54, 1.807) is 52.7 Å². The van der Waals surface area contributed by atoms with E-state index in [9.17, 15) is 4.79 Å². The van der Waals surface area contributed by atoms with Gasteiger partial charge in [-0.25, -0.2) is 4.98 Å². The number of carbonyl (C=O) groups is 1. The lowest BCUT2D eigenvalue weighted by atomic mass is 9.98. The second-order valence-corrected chi connectivity index (χ2v) is 10.6. The monoisotopic (exact) mass is 587 g/mol. The van der Waals surface area contributed by atoms with Gasteiger partial charge < -0.3 is 30.0 Å². The Hall–Kier alpha value is -4.48. The van der Waals surface area contributed by atoms with Gasteiger partial charge in [-0.15, -0.1) is 11.8 Å². The van der Waals surface area contributed by atoms with Crippen LogP contribution in [-0.2, 0) is 4.79 Å². The van der Waals surface area contributed by atoms with Crippen molar-refractivity contribution in [1.29, 1.82) is 0 Å². The van der Waals surface area contributed by atoms with Crippen LogP contribution < -0.4 is 30.0 Å². The number of aromatic nitrogens is 1. The number of pyridine rings is 1. The van der Waals surface area contributed by atoms with Crippen molar-refractivity contribution in [2.75, 3.05) is 39.5 Å². The molecular weight excluding hydrogens is 554 g/mol. The first-order valence-corrected chi connectivity index (χ1v) is 14.3. The molecule has 0 fully saturated rings. The van der Waals surface area contributed by atoms with Gasteiger partial charge in [-0.2, -0.15) is 5.10 Å². The lowest BCUT2D eigenvalue weighted by molar-refractivity contribution is -0.113. The molecule has 1 aliphatic rings. The first-order valence-electron chi connectivity index (χ1n) is 13.3. The fourth-order valence-electron chi connectivity index (χ4n) is 4.76. The van der Waals surface area contributed by atoms with E-state index in [4.69, 9.17) is 34.8 Å². The normalized spacial score (nSPS) is 15.2. The molecule has 10 nitrogen and oxygen atoms in total. The topological polar surface area (TPSA) is 121 Å². The maximum atomic E-state index is 12.8. The van der Waals surface area contributed by atoms with Gasteiger partial charge in [-0.3, -0.25) is 9.80 Å². The number of amides is 1. The zero-order valence-corrected chi connectivity index (χ0v) is 24.7. The maximum absolute atomic E-state index is 12.8. The number of nitrogens with one attached hydrogen (secondary N) is 1. The molecule has 0 aliphatic carbocycles. The molecule has 2 atom stereocenters. The fourth-order valence-corrected chi connectivity index (χ4v) is 5.50. The Bertz CT molecular complexity index is 1580. The molecule has 0 radical (unpaired) electrons. The van der Waals surface area contributed by atoms with Crippen molar-refractivity contribution in [2.45, 2.75) is 18.0 Å². The third-order valence-corrected chi connectivity index (χ3v) is 7.94.